The van der Waals surface area contributed by atoms with E-state index in [0.717, 1.165) is 6.42 Å². The molecule has 0 aliphatic heterocycles. The second-order valence-electron chi connectivity index (χ2n) is 8.11. The second kappa shape index (κ2) is 9.06. The van der Waals surface area contributed by atoms with Gasteiger partial charge in [-0.2, -0.15) is 0 Å². The SMILES string of the molecule is CC1=C(C)C(C)[C]([Ti+2]([c]2cccc3c2Cc2ccccc2-3)=[Si](C)C)=C1C.[Cl-].[Cl-]. The molecule has 1 atom stereocenters. The van der Waals surface area contributed by atoms with Gasteiger partial charge >= 0.3 is 165 Å². The molecule has 0 spiro atoms. The fraction of sp³-hybridized carbons (Fsp3) is 0.333. The largest absolute Gasteiger partial charge is 1.00 e. The zero-order valence-electron chi connectivity index (χ0n) is 17.6. The van der Waals surface area contributed by atoms with Gasteiger partial charge in [-0.15, -0.1) is 0 Å². The Morgan fingerprint density at radius 1 is 0.857 bits per heavy atom. The maximum absolute atomic E-state index is 2.57. The molecule has 0 N–H and O–H groups in total. The van der Waals surface area contributed by atoms with E-state index in [9.17, 15) is 0 Å². The van der Waals surface area contributed by atoms with Crippen LogP contribution < -0.4 is 28.7 Å². The molecule has 0 saturated heterocycles. The average molecular weight is 463 g/mol. The minimum Gasteiger partial charge on any atom is -1.00 e. The smallest absolute Gasteiger partial charge is 1.00 e. The van der Waals surface area contributed by atoms with E-state index in [0.29, 0.717) is 5.92 Å². The van der Waals surface area contributed by atoms with E-state index in [-0.39, 0.29) is 31.0 Å². The van der Waals surface area contributed by atoms with E-state index < -0.39 is 16.6 Å². The number of rotatable bonds is 2. The van der Waals surface area contributed by atoms with Crippen molar-refractivity contribution in [3.05, 3.63) is 74.2 Å². The van der Waals surface area contributed by atoms with Crippen LogP contribution >= 0.6 is 0 Å². The Hall–Kier alpha value is -0.569. The molecule has 0 bridgehead atoms. The third-order valence-electron chi connectivity index (χ3n) is 6.53. The first kappa shape index (κ1) is 23.7. The molecular formula is C24H28Cl2SiTi. The third kappa shape index (κ3) is 3.66. The van der Waals surface area contributed by atoms with Gasteiger partial charge < -0.3 is 24.8 Å². The molecule has 2 aromatic carbocycles. The zero-order valence-corrected chi connectivity index (χ0v) is 21.7. The molecule has 146 valence electrons. The number of benzene rings is 2. The first-order chi connectivity index (χ1) is 12.4. The van der Waals surface area contributed by atoms with Crippen molar-refractivity contribution in [1.29, 1.82) is 0 Å². The molecule has 4 rings (SSSR count). The quantitative estimate of drug-likeness (QED) is 0.471. The summed E-state index contributed by atoms with van der Waals surface area (Å²) in [6, 6.07) is 16.2. The third-order valence-corrected chi connectivity index (χ3v) is 18.1. The van der Waals surface area contributed by atoms with Gasteiger partial charge in [0.2, 0.25) is 0 Å². The van der Waals surface area contributed by atoms with Gasteiger partial charge in [-0.1, -0.05) is 0 Å². The average Bonchev–Trinajstić information content (AvgIpc) is 3.09. The molecular weight excluding hydrogens is 435 g/mol. The van der Waals surface area contributed by atoms with Gasteiger partial charge in [-0.3, -0.25) is 0 Å². The first-order valence-corrected chi connectivity index (χ1v) is 16.1. The predicted molar refractivity (Wildman–Crippen MR) is 112 cm³/mol. The molecule has 2 aromatic rings. The van der Waals surface area contributed by atoms with Crippen molar-refractivity contribution in [3.8, 4) is 11.1 Å². The number of allylic oxidation sites excluding steroid dienone is 4. The Bertz CT molecular complexity index is 1030. The van der Waals surface area contributed by atoms with Crippen LogP contribution in [0.15, 0.2) is 63.1 Å². The number of halogens is 2. The summed E-state index contributed by atoms with van der Waals surface area (Å²) in [5, 5.41) is 0. The summed E-state index contributed by atoms with van der Waals surface area (Å²) < 4.78 is 3.63. The van der Waals surface area contributed by atoms with Gasteiger partial charge in [0, 0.05) is 0 Å². The Balaban J connectivity index is 0.00000140. The van der Waals surface area contributed by atoms with Gasteiger partial charge in [0.05, 0.1) is 0 Å². The van der Waals surface area contributed by atoms with Crippen molar-refractivity contribution in [2.45, 2.75) is 47.2 Å². The predicted octanol–water partition coefficient (Wildman–Crippen LogP) is 0.0205. The van der Waals surface area contributed by atoms with Crippen LogP contribution in [0.3, 0.4) is 0 Å². The van der Waals surface area contributed by atoms with E-state index in [4.69, 9.17) is 0 Å². The molecule has 2 aliphatic carbocycles. The molecule has 28 heavy (non-hydrogen) atoms. The van der Waals surface area contributed by atoms with E-state index in [1.807, 2.05) is 3.88 Å². The Labute approximate surface area is 189 Å². The van der Waals surface area contributed by atoms with E-state index in [1.165, 1.54) is 16.7 Å². The van der Waals surface area contributed by atoms with E-state index in [1.54, 1.807) is 26.2 Å². The topological polar surface area (TPSA) is 0 Å². The van der Waals surface area contributed by atoms with E-state index >= 15 is 0 Å². The Kier molecular flexibility index (Phi) is 7.67. The van der Waals surface area contributed by atoms with Crippen molar-refractivity contribution in [2.75, 3.05) is 0 Å². The molecule has 1 unspecified atom stereocenters. The minimum absolute atomic E-state index is 0. The van der Waals surface area contributed by atoms with Crippen molar-refractivity contribution in [3.63, 3.8) is 0 Å². The maximum Gasteiger partial charge on any atom is -1.00 e. The number of hydrogen-bond acceptors (Lipinski definition) is 0. The van der Waals surface area contributed by atoms with Crippen molar-refractivity contribution >= 4 is 10.1 Å². The standard InChI is InChI=1S/C13H9.C9H13.C2H6Si.2ClH.Ti/c1-3-7-12-10(5-1)9-11-6-2-4-8-13(11)12;1-6-5-7(2)9(4)8(6)3;1-3-2;;;/h1-5,7-8H,9H2;6H,1-4H3;1-2H3;2*1H;/q;;;;;+2/p-2. The van der Waals surface area contributed by atoms with Gasteiger partial charge in [0.15, 0.2) is 0 Å². The summed E-state index contributed by atoms with van der Waals surface area (Å²) >= 11 is -1.50. The molecule has 0 nitrogen and oxygen atoms in total. The van der Waals surface area contributed by atoms with E-state index in [2.05, 4.69) is 83.3 Å². The van der Waals surface area contributed by atoms with Crippen LogP contribution in [-0.2, 0) is 23.0 Å². The molecule has 2 aliphatic rings. The molecule has 0 amide bonds. The summed E-state index contributed by atoms with van der Waals surface area (Å²) in [5.41, 5.74) is 11.0. The fourth-order valence-electron chi connectivity index (χ4n) is 4.84. The van der Waals surface area contributed by atoms with Crippen LogP contribution in [0.25, 0.3) is 11.1 Å². The molecule has 4 heteroatoms. The summed E-state index contributed by atoms with van der Waals surface area (Å²) in [6.07, 6.45) is 0.793. The van der Waals surface area contributed by atoms with Gasteiger partial charge in [0.1, 0.15) is 0 Å². The first-order valence-electron chi connectivity index (χ1n) is 9.68. The zero-order chi connectivity index (χ0) is 18.6. The van der Waals surface area contributed by atoms with Gasteiger partial charge in [0.25, 0.3) is 0 Å². The van der Waals surface area contributed by atoms with Crippen LogP contribution in [0.2, 0.25) is 13.1 Å². The fourth-order valence-corrected chi connectivity index (χ4v) is 17.2. The monoisotopic (exact) mass is 462 g/mol. The van der Waals surface area contributed by atoms with Gasteiger partial charge in [-0.05, 0) is 0 Å². The summed E-state index contributed by atoms with van der Waals surface area (Å²) in [6.45, 7) is 14.7. The molecule has 0 radical (unpaired) electrons. The minimum atomic E-state index is -1.50. The normalized spacial score (nSPS) is 16.7. The summed E-state index contributed by atoms with van der Waals surface area (Å²) in [5.74, 6) is 0.657. The number of hydrogen-bond donors (Lipinski definition) is 0. The summed E-state index contributed by atoms with van der Waals surface area (Å²) in [4.78, 5) is 0. The van der Waals surface area contributed by atoms with Crippen molar-refractivity contribution in [1.82, 2.24) is 0 Å². The Morgan fingerprint density at radius 3 is 2.11 bits per heavy atom. The van der Waals surface area contributed by atoms with Gasteiger partial charge in [-0.25, -0.2) is 0 Å². The van der Waals surface area contributed by atoms with Crippen molar-refractivity contribution in [2.24, 2.45) is 5.92 Å². The summed E-state index contributed by atoms with van der Waals surface area (Å²) in [7, 11) is 0. The molecule has 0 fully saturated rings. The van der Waals surface area contributed by atoms with Crippen LogP contribution in [0.5, 0.6) is 0 Å². The molecule has 0 aromatic heterocycles. The number of fused-ring (bicyclic) bond motifs is 3. The van der Waals surface area contributed by atoms with Crippen LogP contribution in [0.1, 0.15) is 38.8 Å². The van der Waals surface area contributed by atoms with Crippen LogP contribution in [0, 0.1) is 5.92 Å². The van der Waals surface area contributed by atoms with Crippen molar-refractivity contribution < 1.29 is 41.4 Å². The molecule has 0 heterocycles. The molecule has 0 saturated carbocycles. The maximum atomic E-state index is 2.57. The van der Waals surface area contributed by atoms with Crippen LogP contribution in [-0.4, -0.2) is 6.19 Å². The second-order valence-corrected chi connectivity index (χ2v) is 19.7. The van der Waals surface area contributed by atoms with Crippen LogP contribution in [0.4, 0.5) is 0 Å². The Morgan fingerprint density at radius 2 is 1.50 bits per heavy atom.